The molecule has 0 amide bonds. The second-order valence-corrected chi connectivity index (χ2v) is 5.01. The number of rotatable bonds is 4. The predicted octanol–water partition coefficient (Wildman–Crippen LogP) is 3.71. The Labute approximate surface area is 95.4 Å². The summed E-state index contributed by atoms with van der Waals surface area (Å²) in [6.45, 7) is 14.4. The van der Waals surface area contributed by atoms with Crippen molar-refractivity contribution in [1.82, 2.24) is 0 Å². The Bertz CT molecular complexity index is 260. The largest absolute Gasteiger partial charge is 0.447 e. The molecule has 0 aliphatic heterocycles. The average Bonchev–Trinajstić information content (AvgIpc) is 2.11. The van der Waals surface area contributed by atoms with Crippen LogP contribution in [0.15, 0.2) is 22.7 Å². The van der Waals surface area contributed by atoms with Gasteiger partial charge in [0.2, 0.25) is 0 Å². The molecule has 0 unspecified atom stereocenters. The topological polar surface area (TPSA) is 20.2 Å². The highest BCUT2D eigenvalue weighted by molar-refractivity contribution is 6.57. The van der Waals surface area contributed by atoms with Crippen molar-refractivity contribution in [3.63, 3.8) is 0 Å². The van der Waals surface area contributed by atoms with Crippen molar-refractivity contribution < 1.29 is 5.02 Å². The van der Waals surface area contributed by atoms with Gasteiger partial charge >= 0.3 is 6.92 Å². The van der Waals surface area contributed by atoms with Crippen molar-refractivity contribution in [3.8, 4) is 0 Å². The summed E-state index contributed by atoms with van der Waals surface area (Å²) in [4.78, 5) is 0. The quantitative estimate of drug-likeness (QED) is 0.551. The normalized spacial score (nSPS) is 14.7. The van der Waals surface area contributed by atoms with E-state index in [9.17, 15) is 5.02 Å². The van der Waals surface area contributed by atoms with Gasteiger partial charge in [0.25, 0.3) is 0 Å². The molecular weight excluding hydrogens is 183 g/mol. The molecule has 0 rings (SSSR count). The van der Waals surface area contributed by atoms with E-state index in [0.29, 0.717) is 11.8 Å². The van der Waals surface area contributed by atoms with Crippen molar-refractivity contribution in [2.75, 3.05) is 0 Å². The van der Waals surface area contributed by atoms with Gasteiger partial charge in [-0.3, -0.25) is 0 Å². The molecule has 0 aliphatic rings. The third-order valence-electron chi connectivity index (χ3n) is 3.00. The fourth-order valence-corrected chi connectivity index (χ4v) is 1.39. The van der Waals surface area contributed by atoms with Crippen LogP contribution in [-0.4, -0.2) is 11.9 Å². The highest BCUT2D eigenvalue weighted by atomic mass is 16.2. The molecule has 0 aromatic heterocycles. The smallest absolute Gasteiger partial charge is 0.316 e. The van der Waals surface area contributed by atoms with E-state index in [1.165, 1.54) is 11.1 Å². The van der Waals surface area contributed by atoms with Gasteiger partial charge in [0.15, 0.2) is 0 Å². The first-order valence-corrected chi connectivity index (χ1v) is 5.84. The van der Waals surface area contributed by atoms with Gasteiger partial charge in [-0.1, -0.05) is 57.2 Å². The van der Waals surface area contributed by atoms with E-state index in [1.807, 2.05) is 13.7 Å². The van der Waals surface area contributed by atoms with Crippen LogP contribution in [0.1, 0.15) is 41.5 Å². The van der Waals surface area contributed by atoms with Gasteiger partial charge in [0.05, 0.1) is 0 Å². The lowest BCUT2D eigenvalue weighted by atomic mass is 9.61. The molecule has 0 aromatic carbocycles. The summed E-state index contributed by atoms with van der Waals surface area (Å²) >= 11 is 0. The van der Waals surface area contributed by atoms with Gasteiger partial charge in [-0.05, 0) is 25.7 Å². The van der Waals surface area contributed by atoms with E-state index in [1.54, 1.807) is 0 Å². The zero-order valence-corrected chi connectivity index (χ0v) is 11.3. The van der Waals surface area contributed by atoms with Gasteiger partial charge < -0.3 is 5.02 Å². The number of allylic oxidation sites excluding steroid dienone is 4. The second kappa shape index (κ2) is 6.17. The molecule has 0 bridgehead atoms. The van der Waals surface area contributed by atoms with Crippen LogP contribution in [-0.2, 0) is 0 Å². The summed E-state index contributed by atoms with van der Waals surface area (Å²) in [5, 5.41) is 9.60. The molecule has 2 heteroatoms. The third-order valence-corrected chi connectivity index (χ3v) is 3.00. The fourth-order valence-electron chi connectivity index (χ4n) is 1.39. The maximum Gasteiger partial charge on any atom is 0.316 e. The van der Waals surface area contributed by atoms with Crippen LogP contribution in [0.2, 0.25) is 6.82 Å². The third kappa shape index (κ3) is 4.70. The Hall–Kier alpha value is -0.495. The van der Waals surface area contributed by atoms with Gasteiger partial charge in [0.1, 0.15) is 0 Å². The van der Waals surface area contributed by atoms with Crippen molar-refractivity contribution in [2.45, 2.75) is 48.4 Å². The van der Waals surface area contributed by atoms with E-state index in [0.717, 1.165) is 5.47 Å². The lowest BCUT2D eigenvalue weighted by Crippen LogP contribution is -2.12. The van der Waals surface area contributed by atoms with Crippen LogP contribution in [0.5, 0.6) is 0 Å². The summed E-state index contributed by atoms with van der Waals surface area (Å²) < 4.78 is 0. The molecule has 0 radical (unpaired) electrons. The Morgan fingerprint density at radius 2 is 1.53 bits per heavy atom. The van der Waals surface area contributed by atoms with E-state index in [2.05, 4.69) is 40.7 Å². The Morgan fingerprint density at radius 1 is 1.07 bits per heavy atom. The zero-order chi connectivity index (χ0) is 12.2. The molecule has 1 N–H and O–H groups in total. The minimum Gasteiger partial charge on any atom is -0.447 e. The molecule has 0 saturated heterocycles. The van der Waals surface area contributed by atoms with Gasteiger partial charge in [-0.15, -0.1) is 0 Å². The van der Waals surface area contributed by atoms with Crippen LogP contribution < -0.4 is 0 Å². The molecule has 0 aliphatic carbocycles. The lowest BCUT2D eigenvalue weighted by molar-refractivity contribution is 0.586. The maximum absolute atomic E-state index is 9.60. The van der Waals surface area contributed by atoms with Crippen molar-refractivity contribution in [2.24, 2.45) is 11.8 Å². The van der Waals surface area contributed by atoms with Crippen molar-refractivity contribution in [1.29, 1.82) is 0 Å². The minimum atomic E-state index is -0.349. The molecule has 1 nitrogen and oxygen atoms in total. The predicted molar refractivity (Wildman–Crippen MR) is 70.0 cm³/mol. The first kappa shape index (κ1) is 14.5. The monoisotopic (exact) mass is 208 g/mol. The van der Waals surface area contributed by atoms with Crippen LogP contribution in [0.4, 0.5) is 0 Å². The average molecular weight is 208 g/mol. The van der Waals surface area contributed by atoms with E-state index < -0.39 is 0 Å². The van der Waals surface area contributed by atoms with Gasteiger partial charge in [0, 0.05) is 0 Å². The van der Waals surface area contributed by atoms with Gasteiger partial charge in [-0.2, -0.15) is 0 Å². The molecule has 0 spiro atoms. The molecule has 15 heavy (non-hydrogen) atoms. The van der Waals surface area contributed by atoms with Crippen LogP contribution in [0.3, 0.4) is 0 Å². The molecule has 0 heterocycles. The summed E-state index contributed by atoms with van der Waals surface area (Å²) in [6.07, 6.45) is 2.23. The van der Waals surface area contributed by atoms with E-state index in [4.69, 9.17) is 0 Å². The van der Waals surface area contributed by atoms with Crippen molar-refractivity contribution in [3.05, 3.63) is 22.7 Å². The number of hydrogen-bond acceptors (Lipinski definition) is 1. The van der Waals surface area contributed by atoms with Crippen molar-refractivity contribution >= 4 is 6.92 Å². The minimum absolute atomic E-state index is 0.349. The van der Waals surface area contributed by atoms with Crippen LogP contribution in [0.25, 0.3) is 0 Å². The summed E-state index contributed by atoms with van der Waals surface area (Å²) in [5.41, 5.74) is 3.74. The number of hydrogen-bond donors (Lipinski definition) is 1. The highest BCUT2D eigenvalue weighted by Gasteiger charge is 2.13. The first-order valence-electron chi connectivity index (χ1n) is 5.84. The Kier molecular flexibility index (Phi) is 5.96. The van der Waals surface area contributed by atoms with Gasteiger partial charge in [-0.25, -0.2) is 0 Å². The zero-order valence-electron chi connectivity index (χ0n) is 11.3. The molecule has 0 saturated carbocycles. The summed E-state index contributed by atoms with van der Waals surface area (Å²) in [6, 6.07) is 0. The fraction of sp³-hybridized carbons (Fsp3) is 0.692. The maximum atomic E-state index is 9.60. The highest BCUT2D eigenvalue weighted by Crippen LogP contribution is 2.21. The molecular formula is C13H25BO. The molecule has 0 fully saturated rings. The Balaban J connectivity index is 5.18. The lowest BCUT2D eigenvalue weighted by Gasteiger charge is -2.15. The Morgan fingerprint density at radius 3 is 1.80 bits per heavy atom. The van der Waals surface area contributed by atoms with Crippen LogP contribution in [0, 0.1) is 11.8 Å². The van der Waals surface area contributed by atoms with E-state index >= 15 is 0 Å². The standard InChI is InChI=1S/C13H25BO/c1-9(2)11(5)8-13(10(3)4)12(6)14(7)15/h8-10,15H,1-7H3. The second-order valence-electron chi connectivity index (χ2n) is 5.01. The SMILES string of the molecule is CB(O)C(C)=C(C=C(C)C(C)C)C(C)C. The van der Waals surface area contributed by atoms with E-state index in [-0.39, 0.29) is 6.92 Å². The van der Waals surface area contributed by atoms with Crippen LogP contribution >= 0.6 is 0 Å². The molecule has 0 aromatic rings. The first-order chi connectivity index (χ1) is 6.77. The molecule has 86 valence electrons. The summed E-state index contributed by atoms with van der Waals surface area (Å²) in [5.74, 6) is 1.04. The molecule has 0 atom stereocenters. The summed E-state index contributed by atoms with van der Waals surface area (Å²) in [7, 11) is 0.